The highest BCUT2D eigenvalue weighted by Crippen LogP contribution is 2.65. The van der Waals surface area contributed by atoms with Crippen LogP contribution >= 0.6 is 0 Å². The Bertz CT molecular complexity index is 495. The highest BCUT2D eigenvalue weighted by atomic mass is 16.6. The summed E-state index contributed by atoms with van der Waals surface area (Å²) in [6.45, 7) is 12.4. The molecule has 2 rings (SSSR count). The summed E-state index contributed by atoms with van der Waals surface area (Å²) in [6.07, 6.45) is 3.00. The third-order valence-electron chi connectivity index (χ3n) is 6.22. The highest BCUT2D eigenvalue weighted by molar-refractivity contribution is 5.82. The molecular weight excluding hydrogens is 292 g/mol. The first-order chi connectivity index (χ1) is 10.4. The minimum absolute atomic E-state index is 0.0343. The van der Waals surface area contributed by atoms with E-state index in [1.807, 2.05) is 20.8 Å². The topological polar surface area (TPSA) is 58.6 Å². The number of hydrogen-bond acceptors (Lipinski definition) is 3. The Kier molecular flexibility index (Phi) is 4.46. The second kappa shape index (κ2) is 5.67. The summed E-state index contributed by atoms with van der Waals surface area (Å²) in [5.74, 6) is 0.578. The van der Waals surface area contributed by atoms with Gasteiger partial charge in [0, 0.05) is 13.1 Å². The lowest BCUT2D eigenvalue weighted by Gasteiger charge is -2.39. The van der Waals surface area contributed by atoms with Gasteiger partial charge in [0.05, 0.1) is 0 Å². The molecule has 2 fully saturated rings. The zero-order chi connectivity index (χ0) is 17.6. The summed E-state index contributed by atoms with van der Waals surface area (Å²) in [5.41, 5.74) is -0.135. The molecule has 0 heterocycles. The van der Waals surface area contributed by atoms with E-state index in [-0.39, 0.29) is 29.3 Å². The number of fused-ring (bicyclic) bond motifs is 2. The number of rotatable bonds is 3. The largest absolute Gasteiger partial charge is 0.444 e. The van der Waals surface area contributed by atoms with Crippen LogP contribution in [0.1, 0.15) is 60.8 Å². The van der Waals surface area contributed by atoms with Crippen LogP contribution in [0.15, 0.2) is 0 Å². The van der Waals surface area contributed by atoms with E-state index in [9.17, 15) is 9.59 Å². The Morgan fingerprint density at radius 1 is 1.26 bits per heavy atom. The Balaban J connectivity index is 1.90. The Labute approximate surface area is 140 Å². The van der Waals surface area contributed by atoms with Gasteiger partial charge in [-0.3, -0.25) is 4.79 Å². The van der Waals surface area contributed by atoms with Crippen LogP contribution < -0.4 is 5.32 Å². The summed E-state index contributed by atoms with van der Waals surface area (Å²) in [7, 11) is 1.60. The predicted molar refractivity (Wildman–Crippen MR) is 90.0 cm³/mol. The molecule has 0 aliphatic heterocycles. The van der Waals surface area contributed by atoms with Crippen molar-refractivity contribution in [3.63, 3.8) is 0 Å². The summed E-state index contributed by atoms with van der Waals surface area (Å²) < 4.78 is 5.28. The molecule has 23 heavy (non-hydrogen) atoms. The van der Waals surface area contributed by atoms with E-state index in [4.69, 9.17) is 4.74 Å². The monoisotopic (exact) mass is 324 g/mol. The maximum atomic E-state index is 12.3. The predicted octanol–water partition coefficient (Wildman–Crippen LogP) is 3.18. The Hall–Kier alpha value is -1.26. The fourth-order valence-corrected chi connectivity index (χ4v) is 4.28. The molecule has 0 spiro atoms. The first kappa shape index (κ1) is 18.1. The summed E-state index contributed by atoms with van der Waals surface area (Å²) in [6, 6.07) is 0.204. The molecule has 0 aromatic heterocycles. The van der Waals surface area contributed by atoms with Crippen LogP contribution in [0.25, 0.3) is 0 Å². The summed E-state index contributed by atoms with van der Waals surface area (Å²) >= 11 is 0. The second-order valence-corrected chi connectivity index (χ2v) is 9.07. The summed E-state index contributed by atoms with van der Waals surface area (Å²) in [5, 5.41) is 3.17. The first-order valence-corrected chi connectivity index (χ1v) is 8.60. The molecule has 0 saturated heterocycles. The zero-order valence-corrected chi connectivity index (χ0v) is 15.7. The molecule has 0 radical (unpaired) electrons. The third-order valence-corrected chi connectivity index (χ3v) is 6.22. The zero-order valence-electron chi connectivity index (χ0n) is 15.7. The smallest absolute Gasteiger partial charge is 0.410 e. The maximum absolute atomic E-state index is 12.3. The Morgan fingerprint density at radius 2 is 1.87 bits per heavy atom. The van der Waals surface area contributed by atoms with E-state index in [0.29, 0.717) is 5.92 Å². The maximum Gasteiger partial charge on any atom is 0.410 e. The van der Waals surface area contributed by atoms with Crippen molar-refractivity contribution in [2.75, 3.05) is 13.6 Å². The highest BCUT2D eigenvalue weighted by Gasteiger charge is 2.61. The van der Waals surface area contributed by atoms with Crippen LogP contribution in [0.2, 0.25) is 0 Å². The normalized spacial score (nSPS) is 31.8. The van der Waals surface area contributed by atoms with Crippen LogP contribution in [0.3, 0.4) is 0 Å². The molecular formula is C18H32N2O3. The van der Waals surface area contributed by atoms with Gasteiger partial charge in [-0.1, -0.05) is 20.8 Å². The van der Waals surface area contributed by atoms with E-state index in [0.717, 1.165) is 12.8 Å². The number of nitrogens with zero attached hydrogens (tertiary/aromatic N) is 1. The molecule has 3 atom stereocenters. The molecule has 2 saturated carbocycles. The molecule has 5 heteroatoms. The van der Waals surface area contributed by atoms with Gasteiger partial charge in [-0.15, -0.1) is 0 Å². The lowest BCUT2D eigenvalue weighted by atomic mass is 9.69. The SMILES string of the molecule is CN(CC(=O)N[C@H]1C[C@@H]2CC[C@@]1(C)C2(C)C)C(=O)OC(C)(C)C. The number of ether oxygens (including phenoxy) is 1. The number of hydrogen-bond donors (Lipinski definition) is 1. The van der Waals surface area contributed by atoms with Crippen LogP contribution in [-0.4, -0.2) is 42.1 Å². The van der Waals surface area contributed by atoms with Gasteiger partial charge in [-0.2, -0.15) is 0 Å². The van der Waals surface area contributed by atoms with Crippen molar-refractivity contribution in [3.05, 3.63) is 0 Å². The average Bonchev–Trinajstić information content (AvgIpc) is 2.69. The lowest BCUT2D eigenvalue weighted by molar-refractivity contribution is -0.123. The van der Waals surface area contributed by atoms with Crippen molar-refractivity contribution in [1.82, 2.24) is 10.2 Å². The molecule has 1 N–H and O–H groups in total. The van der Waals surface area contributed by atoms with Gasteiger partial charge in [0.15, 0.2) is 0 Å². The molecule has 2 amide bonds. The third kappa shape index (κ3) is 3.33. The van der Waals surface area contributed by atoms with Crippen molar-refractivity contribution >= 4 is 12.0 Å². The molecule has 2 bridgehead atoms. The molecule has 0 aromatic rings. The number of nitrogens with one attached hydrogen (secondary N) is 1. The van der Waals surface area contributed by atoms with E-state index in [1.165, 1.54) is 11.3 Å². The minimum atomic E-state index is -0.552. The van der Waals surface area contributed by atoms with Gasteiger partial charge in [-0.25, -0.2) is 4.79 Å². The van der Waals surface area contributed by atoms with Gasteiger partial charge in [0.2, 0.25) is 5.91 Å². The van der Waals surface area contributed by atoms with Crippen molar-refractivity contribution < 1.29 is 14.3 Å². The van der Waals surface area contributed by atoms with Gasteiger partial charge < -0.3 is 15.0 Å². The molecule has 2 aliphatic carbocycles. The van der Waals surface area contributed by atoms with Crippen LogP contribution in [-0.2, 0) is 9.53 Å². The van der Waals surface area contributed by atoms with Crippen LogP contribution in [0.5, 0.6) is 0 Å². The molecule has 2 aliphatic rings. The number of likely N-dealkylation sites (N-methyl/N-ethyl adjacent to an activating group) is 1. The first-order valence-electron chi connectivity index (χ1n) is 8.60. The van der Waals surface area contributed by atoms with Crippen molar-refractivity contribution in [2.45, 2.75) is 72.4 Å². The molecule has 5 nitrogen and oxygen atoms in total. The quantitative estimate of drug-likeness (QED) is 0.867. The number of amides is 2. The second-order valence-electron chi connectivity index (χ2n) is 9.07. The van der Waals surface area contributed by atoms with Crippen LogP contribution in [0, 0.1) is 16.7 Å². The van der Waals surface area contributed by atoms with Crippen molar-refractivity contribution in [3.8, 4) is 0 Å². The van der Waals surface area contributed by atoms with Gasteiger partial charge in [0.25, 0.3) is 0 Å². The standard InChI is InChI=1S/C18H32N2O3/c1-16(2,3)23-15(22)20(7)11-14(21)19-13-10-12-8-9-18(13,6)17(12,4)5/h12-13H,8-11H2,1-7H3,(H,19,21)/t12-,13-,18+/m0/s1. The molecule has 132 valence electrons. The fourth-order valence-electron chi connectivity index (χ4n) is 4.28. The average molecular weight is 324 g/mol. The van der Waals surface area contributed by atoms with E-state index < -0.39 is 11.7 Å². The molecule has 0 unspecified atom stereocenters. The fraction of sp³-hybridized carbons (Fsp3) is 0.889. The van der Waals surface area contributed by atoms with E-state index in [2.05, 4.69) is 26.1 Å². The lowest BCUT2D eigenvalue weighted by Crippen LogP contribution is -2.50. The van der Waals surface area contributed by atoms with Crippen molar-refractivity contribution in [1.29, 1.82) is 0 Å². The van der Waals surface area contributed by atoms with E-state index >= 15 is 0 Å². The van der Waals surface area contributed by atoms with E-state index in [1.54, 1.807) is 7.05 Å². The van der Waals surface area contributed by atoms with Crippen LogP contribution in [0.4, 0.5) is 4.79 Å². The Morgan fingerprint density at radius 3 is 2.30 bits per heavy atom. The number of carbonyl (C=O) groups is 2. The minimum Gasteiger partial charge on any atom is -0.444 e. The van der Waals surface area contributed by atoms with Crippen molar-refractivity contribution in [2.24, 2.45) is 16.7 Å². The summed E-state index contributed by atoms with van der Waals surface area (Å²) in [4.78, 5) is 25.6. The van der Waals surface area contributed by atoms with Gasteiger partial charge in [-0.05, 0) is 56.8 Å². The van der Waals surface area contributed by atoms with Gasteiger partial charge >= 0.3 is 6.09 Å². The van der Waals surface area contributed by atoms with Gasteiger partial charge in [0.1, 0.15) is 12.1 Å². The molecule has 0 aromatic carbocycles. The number of carbonyl (C=O) groups excluding carboxylic acids is 2.